The minimum atomic E-state index is -0.179. The van der Waals surface area contributed by atoms with E-state index in [1.165, 1.54) is 11.1 Å². The maximum atomic E-state index is 13.1. The Bertz CT molecular complexity index is 1280. The van der Waals surface area contributed by atoms with Gasteiger partial charge in [-0.25, -0.2) is 0 Å². The Morgan fingerprint density at radius 1 is 0.540 bits per heavy atom. The Morgan fingerprint density at radius 2 is 0.880 bits per heavy atom. The zero-order valence-electron chi connectivity index (χ0n) is 30.2. The van der Waals surface area contributed by atoms with Crippen molar-refractivity contribution in [3.63, 3.8) is 0 Å². The summed E-state index contributed by atoms with van der Waals surface area (Å²) in [5.41, 5.74) is 4.30. The number of likely N-dealkylation sites (tertiary alicyclic amines) is 2. The summed E-state index contributed by atoms with van der Waals surface area (Å²) >= 11 is 0. The van der Waals surface area contributed by atoms with Crippen LogP contribution < -0.4 is 0 Å². The Balaban J connectivity index is 0.884. The molecule has 3 aliphatic rings. The Labute approximate surface area is 298 Å². The Morgan fingerprint density at radius 3 is 1.22 bits per heavy atom. The number of aryl methyl sites for hydroxylation is 2. The van der Waals surface area contributed by atoms with E-state index < -0.39 is 0 Å². The zero-order valence-corrected chi connectivity index (χ0v) is 30.2. The molecule has 10 heteroatoms. The van der Waals surface area contributed by atoms with E-state index in [1.807, 2.05) is 72.2 Å². The number of hydrogen-bond donors (Lipinski definition) is 0. The number of esters is 2. The molecule has 0 spiro atoms. The van der Waals surface area contributed by atoms with Crippen LogP contribution in [0.4, 0.5) is 0 Å². The molecule has 3 aliphatic heterocycles. The van der Waals surface area contributed by atoms with Crippen molar-refractivity contribution >= 4 is 23.8 Å². The molecule has 2 aromatic carbocycles. The first-order chi connectivity index (χ1) is 24.2. The lowest BCUT2D eigenvalue weighted by Gasteiger charge is -2.38. The van der Waals surface area contributed by atoms with Gasteiger partial charge in [0.25, 0.3) is 0 Å². The monoisotopic (exact) mass is 688 g/mol. The summed E-state index contributed by atoms with van der Waals surface area (Å²) in [4.78, 5) is 58.8. The number of rotatable bonds is 14. The molecular weight excluding hydrogens is 632 g/mol. The fourth-order valence-electron chi connectivity index (χ4n) is 7.18. The molecule has 0 aromatic heterocycles. The topological polar surface area (TPSA) is 99.7 Å². The second-order valence-corrected chi connectivity index (χ2v) is 14.5. The molecule has 272 valence electrons. The molecule has 0 radical (unpaired) electrons. The zero-order chi connectivity index (χ0) is 35.3. The van der Waals surface area contributed by atoms with Crippen molar-refractivity contribution in [1.29, 1.82) is 0 Å². The number of piperazine rings is 1. The van der Waals surface area contributed by atoms with Crippen LogP contribution in [0.5, 0.6) is 0 Å². The molecule has 2 amide bonds. The van der Waals surface area contributed by atoms with Crippen LogP contribution in [0.1, 0.15) is 60.8 Å². The third-order valence-electron chi connectivity index (χ3n) is 10.6. The average Bonchev–Trinajstić information content (AvgIpc) is 3.12. The molecule has 0 bridgehead atoms. The minimum Gasteiger partial charge on any atom is -0.465 e. The quantitative estimate of drug-likeness (QED) is 0.275. The molecule has 5 rings (SSSR count). The second-order valence-electron chi connectivity index (χ2n) is 14.5. The molecule has 50 heavy (non-hydrogen) atoms. The van der Waals surface area contributed by atoms with Gasteiger partial charge in [0.1, 0.15) is 0 Å². The molecule has 0 N–H and O–H groups in total. The number of hydrogen-bond acceptors (Lipinski definition) is 8. The van der Waals surface area contributed by atoms with E-state index in [2.05, 4.69) is 9.80 Å². The summed E-state index contributed by atoms with van der Waals surface area (Å²) in [6.45, 7) is 11.6. The highest BCUT2D eigenvalue weighted by molar-refractivity contribution is 5.80. The normalized spacial score (nSPS) is 18.2. The molecule has 3 fully saturated rings. The number of ether oxygens (including phenoxy) is 2. The van der Waals surface area contributed by atoms with Crippen molar-refractivity contribution in [2.75, 3.05) is 78.7 Å². The van der Waals surface area contributed by atoms with Crippen LogP contribution in [0.15, 0.2) is 48.5 Å². The highest BCUT2D eigenvalue weighted by Crippen LogP contribution is 2.22. The molecule has 0 saturated carbocycles. The van der Waals surface area contributed by atoms with E-state index in [1.54, 1.807) is 0 Å². The van der Waals surface area contributed by atoms with Gasteiger partial charge >= 0.3 is 11.9 Å². The van der Waals surface area contributed by atoms with Crippen molar-refractivity contribution < 1.29 is 28.7 Å². The lowest BCUT2D eigenvalue weighted by molar-refractivity contribution is -0.144. The fourth-order valence-corrected chi connectivity index (χ4v) is 7.18. The van der Waals surface area contributed by atoms with Crippen LogP contribution in [0.25, 0.3) is 0 Å². The number of nitrogens with zero attached hydrogens (tertiary/aromatic N) is 4. The number of carbonyl (C=O) groups excluding carboxylic acids is 4. The van der Waals surface area contributed by atoms with Gasteiger partial charge in [0.15, 0.2) is 0 Å². The highest BCUT2D eigenvalue weighted by Gasteiger charge is 2.29. The van der Waals surface area contributed by atoms with Gasteiger partial charge in [-0.15, -0.1) is 0 Å². The van der Waals surface area contributed by atoms with Crippen LogP contribution in [0.3, 0.4) is 0 Å². The van der Waals surface area contributed by atoms with Crippen molar-refractivity contribution in [3.05, 3.63) is 70.8 Å². The van der Waals surface area contributed by atoms with E-state index >= 15 is 0 Å². The van der Waals surface area contributed by atoms with Crippen LogP contribution in [-0.2, 0) is 41.5 Å². The van der Waals surface area contributed by atoms with Gasteiger partial charge in [-0.3, -0.25) is 29.0 Å². The maximum absolute atomic E-state index is 13.1. The van der Waals surface area contributed by atoms with Gasteiger partial charge in [-0.2, -0.15) is 0 Å². The smallest absolute Gasteiger partial charge is 0.310 e. The van der Waals surface area contributed by atoms with Gasteiger partial charge in [0, 0.05) is 26.2 Å². The number of amides is 2. The lowest BCUT2D eigenvalue weighted by atomic mass is 9.94. The summed E-state index contributed by atoms with van der Waals surface area (Å²) in [6, 6.07) is 15.9. The number of carbonyl (C=O) groups is 4. The molecule has 0 atom stereocenters. The molecule has 10 nitrogen and oxygen atoms in total. The lowest BCUT2D eigenvalue weighted by Crippen LogP contribution is -2.54. The molecule has 3 saturated heterocycles. The minimum absolute atomic E-state index is 0.142. The molecule has 2 aromatic rings. The van der Waals surface area contributed by atoms with E-state index in [0.717, 1.165) is 75.8 Å². The van der Waals surface area contributed by atoms with Gasteiger partial charge in [-0.1, -0.05) is 59.7 Å². The van der Waals surface area contributed by atoms with Crippen molar-refractivity contribution in [1.82, 2.24) is 19.6 Å². The summed E-state index contributed by atoms with van der Waals surface area (Å²) < 4.78 is 11.0. The summed E-state index contributed by atoms with van der Waals surface area (Å²) in [6.07, 6.45) is 6.36. The predicted octanol–water partition coefficient (Wildman–Crippen LogP) is 4.05. The summed E-state index contributed by atoms with van der Waals surface area (Å²) in [5, 5.41) is 0. The second kappa shape index (κ2) is 19.0. The van der Waals surface area contributed by atoms with Gasteiger partial charge in [-0.05, 0) is 102 Å². The van der Waals surface area contributed by atoms with Gasteiger partial charge in [0.2, 0.25) is 11.8 Å². The van der Waals surface area contributed by atoms with Crippen molar-refractivity contribution in [2.24, 2.45) is 11.8 Å². The molecule has 0 unspecified atom stereocenters. The Hall–Kier alpha value is -3.76. The SMILES string of the molecule is Cc1ccc(CC(=O)OCCC2CCN(CC(=O)N3CCN(C(=O)CN4CCC(CCOC(=O)Cc5ccc(C)cc5)CC4)CC3)CC2)cc1. The summed E-state index contributed by atoms with van der Waals surface area (Å²) in [7, 11) is 0. The van der Waals surface area contributed by atoms with Crippen molar-refractivity contribution in [3.8, 4) is 0 Å². The van der Waals surface area contributed by atoms with E-state index in [9.17, 15) is 19.2 Å². The number of piperidine rings is 2. The van der Waals surface area contributed by atoms with E-state index in [0.29, 0.717) is 77.2 Å². The molecular formula is C40H56N4O6. The van der Waals surface area contributed by atoms with Gasteiger partial charge in [0.05, 0.1) is 39.1 Å². The Kier molecular flexibility index (Phi) is 14.3. The van der Waals surface area contributed by atoms with Crippen LogP contribution in [0, 0.1) is 25.7 Å². The van der Waals surface area contributed by atoms with E-state index in [-0.39, 0.29) is 23.8 Å². The first kappa shape index (κ1) is 37.5. The van der Waals surface area contributed by atoms with E-state index in [4.69, 9.17) is 9.47 Å². The predicted molar refractivity (Wildman–Crippen MR) is 192 cm³/mol. The average molecular weight is 689 g/mol. The standard InChI is InChI=1S/C40H56N4O6/c1-31-3-7-35(8-4-31)27-39(47)49-25-15-33-11-17-41(18-12-33)29-37(45)43-21-23-44(24-22-43)38(46)30-42-19-13-34(14-20-42)16-26-50-40(48)28-36-9-5-32(2)6-10-36/h3-10,33-34H,11-30H2,1-2H3. The first-order valence-corrected chi connectivity index (χ1v) is 18.6. The molecule has 3 heterocycles. The molecule has 0 aliphatic carbocycles. The largest absolute Gasteiger partial charge is 0.465 e. The van der Waals surface area contributed by atoms with Crippen LogP contribution in [-0.4, -0.2) is 122 Å². The summed E-state index contributed by atoms with van der Waals surface area (Å²) in [5.74, 6) is 0.941. The van der Waals surface area contributed by atoms with Crippen LogP contribution >= 0.6 is 0 Å². The van der Waals surface area contributed by atoms with Crippen LogP contribution in [0.2, 0.25) is 0 Å². The fraction of sp³-hybridized carbons (Fsp3) is 0.600. The third kappa shape index (κ3) is 12.2. The van der Waals surface area contributed by atoms with Crippen molar-refractivity contribution in [2.45, 2.75) is 65.2 Å². The highest BCUT2D eigenvalue weighted by atomic mass is 16.5. The first-order valence-electron chi connectivity index (χ1n) is 18.6. The maximum Gasteiger partial charge on any atom is 0.310 e. The number of benzene rings is 2. The third-order valence-corrected chi connectivity index (χ3v) is 10.6. The van der Waals surface area contributed by atoms with Gasteiger partial charge < -0.3 is 19.3 Å².